The molecular weight excluding hydrogens is 280 g/mol. The first-order valence-electron chi connectivity index (χ1n) is 6.02. The molecule has 0 aromatic carbocycles. The minimum atomic E-state index is -0.856. The number of carboxylic acid groups (broad SMARTS) is 1. The molecule has 0 aliphatic carbocycles. The largest absolute Gasteiger partial charge is 0.477 e. The Balaban J connectivity index is 1.92. The molecule has 0 bridgehead atoms. The molecule has 0 fully saturated rings. The highest BCUT2D eigenvalue weighted by Crippen LogP contribution is 2.19. The van der Waals surface area contributed by atoms with E-state index in [1.54, 1.807) is 17.4 Å². The molecule has 19 heavy (non-hydrogen) atoms. The number of hydrogen-bond acceptors (Lipinski definition) is 5. The number of thiazole rings is 1. The summed E-state index contributed by atoms with van der Waals surface area (Å²) in [6, 6.07) is 3.54. The zero-order chi connectivity index (χ0) is 13.8. The van der Waals surface area contributed by atoms with Crippen LogP contribution in [0.5, 0.6) is 0 Å². The van der Waals surface area contributed by atoms with Crippen LogP contribution in [0.4, 0.5) is 0 Å². The molecule has 0 atom stereocenters. The number of carbonyl (C=O) groups is 1. The number of hydrogen-bond donors (Lipinski definition) is 1. The van der Waals surface area contributed by atoms with E-state index < -0.39 is 5.97 Å². The minimum Gasteiger partial charge on any atom is -0.477 e. The van der Waals surface area contributed by atoms with Crippen molar-refractivity contribution in [2.45, 2.75) is 26.4 Å². The van der Waals surface area contributed by atoms with Crippen LogP contribution < -0.4 is 0 Å². The average molecular weight is 296 g/mol. The molecule has 0 aliphatic heterocycles. The van der Waals surface area contributed by atoms with E-state index in [9.17, 15) is 4.79 Å². The second kappa shape index (κ2) is 6.27. The summed E-state index contributed by atoms with van der Waals surface area (Å²) < 4.78 is 0. The van der Waals surface area contributed by atoms with Crippen LogP contribution in [0.1, 0.15) is 32.2 Å². The van der Waals surface area contributed by atoms with E-state index in [0.29, 0.717) is 4.88 Å². The molecule has 2 rings (SSSR count). The van der Waals surface area contributed by atoms with Gasteiger partial charge in [-0.25, -0.2) is 9.78 Å². The summed E-state index contributed by atoms with van der Waals surface area (Å²) in [6.45, 7) is 3.64. The lowest BCUT2D eigenvalue weighted by atomic mass is 10.3. The van der Waals surface area contributed by atoms with Gasteiger partial charge in [0.15, 0.2) is 0 Å². The fourth-order valence-electron chi connectivity index (χ4n) is 1.76. The number of aryl methyl sites for hydroxylation is 1. The summed E-state index contributed by atoms with van der Waals surface area (Å²) >= 11 is 3.02. The number of rotatable bonds is 6. The van der Waals surface area contributed by atoms with Crippen molar-refractivity contribution in [2.24, 2.45) is 0 Å². The Morgan fingerprint density at radius 3 is 2.79 bits per heavy atom. The lowest BCUT2D eigenvalue weighted by Gasteiger charge is -2.13. The van der Waals surface area contributed by atoms with Crippen molar-refractivity contribution in [3.05, 3.63) is 38.0 Å². The van der Waals surface area contributed by atoms with Crippen molar-refractivity contribution in [2.75, 3.05) is 7.05 Å². The van der Waals surface area contributed by atoms with E-state index in [-0.39, 0.29) is 0 Å². The van der Waals surface area contributed by atoms with Crippen LogP contribution in [-0.2, 0) is 19.5 Å². The molecule has 0 aliphatic rings. The molecule has 0 unspecified atom stereocenters. The quantitative estimate of drug-likeness (QED) is 0.890. The maximum atomic E-state index is 10.8. The van der Waals surface area contributed by atoms with Crippen LogP contribution in [0, 0.1) is 0 Å². The van der Waals surface area contributed by atoms with Crippen LogP contribution in [-0.4, -0.2) is 28.0 Å². The first kappa shape index (κ1) is 14.2. The van der Waals surface area contributed by atoms with E-state index in [4.69, 9.17) is 5.11 Å². The molecule has 2 aromatic heterocycles. The van der Waals surface area contributed by atoms with E-state index in [1.165, 1.54) is 11.3 Å². The van der Waals surface area contributed by atoms with Crippen LogP contribution in [0.3, 0.4) is 0 Å². The normalized spacial score (nSPS) is 11.1. The molecule has 0 spiro atoms. The Bertz CT molecular complexity index is 562. The molecular formula is C13H16N2O2S2. The third-order valence-corrected chi connectivity index (χ3v) is 4.73. The predicted molar refractivity (Wildman–Crippen MR) is 77.9 cm³/mol. The number of aromatic nitrogens is 1. The smallest absolute Gasteiger partial charge is 0.345 e. The van der Waals surface area contributed by atoms with Crippen molar-refractivity contribution in [1.82, 2.24) is 9.88 Å². The Kier molecular flexibility index (Phi) is 4.68. The third-order valence-electron chi connectivity index (χ3n) is 2.63. The number of thiophene rings is 1. The van der Waals surface area contributed by atoms with E-state index in [0.717, 1.165) is 35.1 Å². The van der Waals surface area contributed by atoms with Gasteiger partial charge in [-0.2, -0.15) is 0 Å². The van der Waals surface area contributed by atoms with E-state index >= 15 is 0 Å². The highest BCUT2D eigenvalue weighted by atomic mass is 32.1. The van der Waals surface area contributed by atoms with Gasteiger partial charge in [-0.3, -0.25) is 4.90 Å². The van der Waals surface area contributed by atoms with Crippen molar-refractivity contribution < 1.29 is 9.90 Å². The summed E-state index contributed by atoms with van der Waals surface area (Å²) in [7, 11) is 2.02. The van der Waals surface area contributed by atoms with E-state index in [2.05, 4.69) is 22.2 Å². The molecule has 0 amide bonds. The SMILES string of the molecule is CCc1nc(CN(C)Cc2ccc(C(=O)O)s2)cs1. The first-order chi connectivity index (χ1) is 9.08. The topological polar surface area (TPSA) is 53.4 Å². The van der Waals surface area contributed by atoms with Gasteiger partial charge < -0.3 is 5.11 Å². The Morgan fingerprint density at radius 1 is 1.42 bits per heavy atom. The van der Waals surface area contributed by atoms with Crippen molar-refractivity contribution in [1.29, 1.82) is 0 Å². The molecule has 102 valence electrons. The fourth-order valence-corrected chi connectivity index (χ4v) is 3.42. The highest BCUT2D eigenvalue weighted by Gasteiger charge is 2.10. The summed E-state index contributed by atoms with van der Waals surface area (Å²) in [4.78, 5) is 18.9. The minimum absolute atomic E-state index is 0.394. The first-order valence-corrected chi connectivity index (χ1v) is 7.72. The lowest BCUT2D eigenvalue weighted by molar-refractivity contribution is 0.0702. The lowest BCUT2D eigenvalue weighted by Crippen LogP contribution is -2.16. The van der Waals surface area contributed by atoms with Crippen molar-refractivity contribution >= 4 is 28.6 Å². The highest BCUT2D eigenvalue weighted by molar-refractivity contribution is 7.13. The van der Waals surface area contributed by atoms with Gasteiger partial charge >= 0.3 is 5.97 Å². The molecule has 1 N–H and O–H groups in total. The molecule has 2 aromatic rings. The van der Waals surface area contributed by atoms with Crippen LogP contribution in [0.2, 0.25) is 0 Å². The number of aromatic carboxylic acids is 1. The van der Waals surface area contributed by atoms with Gasteiger partial charge in [0.2, 0.25) is 0 Å². The molecule has 4 nitrogen and oxygen atoms in total. The van der Waals surface area contributed by atoms with Gasteiger partial charge in [0, 0.05) is 23.3 Å². The van der Waals surface area contributed by atoms with Gasteiger partial charge in [0.1, 0.15) is 4.88 Å². The molecule has 6 heteroatoms. The Morgan fingerprint density at radius 2 is 2.21 bits per heavy atom. The monoisotopic (exact) mass is 296 g/mol. The molecule has 2 heterocycles. The van der Waals surface area contributed by atoms with Crippen molar-refractivity contribution in [3.8, 4) is 0 Å². The standard InChI is InChI=1S/C13H16N2O2S2/c1-3-12-14-9(8-18-12)6-15(2)7-10-4-5-11(19-10)13(16)17/h4-5,8H,3,6-7H2,1-2H3,(H,16,17). The second-order valence-corrected chi connectivity index (χ2v) is 6.44. The molecule has 0 radical (unpaired) electrons. The van der Waals surface area contributed by atoms with Gasteiger partial charge in [0.25, 0.3) is 0 Å². The third kappa shape index (κ3) is 3.86. The number of carboxylic acids is 1. The van der Waals surface area contributed by atoms with E-state index in [1.807, 2.05) is 13.1 Å². The zero-order valence-electron chi connectivity index (χ0n) is 10.9. The maximum Gasteiger partial charge on any atom is 0.345 e. The second-order valence-electron chi connectivity index (χ2n) is 4.33. The van der Waals surface area contributed by atoms with Gasteiger partial charge in [-0.1, -0.05) is 6.92 Å². The summed E-state index contributed by atoms with van der Waals surface area (Å²) in [5, 5.41) is 12.1. The van der Waals surface area contributed by atoms with Crippen LogP contribution in [0.25, 0.3) is 0 Å². The van der Waals surface area contributed by atoms with Crippen LogP contribution >= 0.6 is 22.7 Å². The Labute approximate surface area is 120 Å². The average Bonchev–Trinajstić information content (AvgIpc) is 2.98. The van der Waals surface area contributed by atoms with Gasteiger partial charge in [-0.05, 0) is 25.6 Å². The summed E-state index contributed by atoms with van der Waals surface area (Å²) in [5.74, 6) is -0.856. The zero-order valence-corrected chi connectivity index (χ0v) is 12.6. The summed E-state index contributed by atoms with van der Waals surface area (Å²) in [5.41, 5.74) is 1.08. The fraction of sp³-hybridized carbons (Fsp3) is 0.385. The molecule has 0 saturated heterocycles. The van der Waals surface area contributed by atoms with Gasteiger partial charge in [-0.15, -0.1) is 22.7 Å². The summed E-state index contributed by atoms with van der Waals surface area (Å²) in [6.07, 6.45) is 0.973. The molecule has 0 saturated carbocycles. The van der Waals surface area contributed by atoms with Crippen molar-refractivity contribution in [3.63, 3.8) is 0 Å². The number of nitrogens with zero attached hydrogens (tertiary/aromatic N) is 2. The maximum absolute atomic E-state index is 10.8. The van der Waals surface area contributed by atoms with Gasteiger partial charge in [0.05, 0.1) is 10.7 Å². The van der Waals surface area contributed by atoms with Crippen LogP contribution in [0.15, 0.2) is 17.5 Å². The Hall–Kier alpha value is -1.24. The predicted octanol–water partition coefficient (Wildman–Crippen LogP) is 3.10.